The van der Waals surface area contributed by atoms with E-state index in [4.69, 9.17) is 0 Å². The zero-order valence-corrected chi connectivity index (χ0v) is 14.7. The Balaban J connectivity index is 1.67. The van der Waals surface area contributed by atoms with Gasteiger partial charge in [0, 0.05) is 13.1 Å². The van der Waals surface area contributed by atoms with Gasteiger partial charge in [-0.2, -0.15) is 0 Å². The van der Waals surface area contributed by atoms with Crippen LogP contribution in [0.3, 0.4) is 0 Å². The number of likely N-dealkylation sites (tertiary alicyclic amines) is 1. The summed E-state index contributed by atoms with van der Waals surface area (Å²) in [7, 11) is 0. The van der Waals surface area contributed by atoms with Gasteiger partial charge in [-0.25, -0.2) is 0 Å². The molecule has 0 aromatic heterocycles. The van der Waals surface area contributed by atoms with Crippen LogP contribution in [0, 0.1) is 0 Å². The molecule has 0 saturated carbocycles. The molecule has 1 aromatic carbocycles. The van der Waals surface area contributed by atoms with Crippen molar-refractivity contribution in [1.82, 2.24) is 10.2 Å². The molecular weight excluding hydrogens is 340 g/mol. The normalized spacial score (nSPS) is 26.6. The fourth-order valence-electron chi connectivity index (χ4n) is 3.22. The van der Waals surface area contributed by atoms with Crippen molar-refractivity contribution < 1.29 is 30.3 Å². The van der Waals surface area contributed by atoms with Gasteiger partial charge < -0.3 is 30.8 Å². The number of phenols is 1. The lowest BCUT2D eigenvalue weighted by atomic mass is 9.94. The molecule has 0 bridgehead atoms. The van der Waals surface area contributed by atoms with Crippen LogP contribution in [0.2, 0.25) is 0 Å². The third kappa shape index (κ3) is 5.65. The molecule has 1 aromatic rings. The van der Waals surface area contributed by atoms with Crippen LogP contribution in [0.1, 0.15) is 18.4 Å². The molecule has 1 heterocycles. The van der Waals surface area contributed by atoms with Crippen LogP contribution in [0.25, 0.3) is 0 Å². The average molecular weight is 368 g/mol. The molecule has 0 spiro atoms. The highest BCUT2D eigenvalue weighted by molar-refractivity contribution is 5.78. The summed E-state index contributed by atoms with van der Waals surface area (Å²) in [6.07, 6.45) is -1.88. The molecule has 146 valence electrons. The van der Waals surface area contributed by atoms with Crippen LogP contribution in [0.15, 0.2) is 24.3 Å². The number of piperidine rings is 1. The molecule has 1 aliphatic heterocycles. The molecular formula is C18H28N2O6. The number of rotatable bonds is 8. The summed E-state index contributed by atoms with van der Waals surface area (Å²) in [4.78, 5) is 13.6. The standard InChI is InChI=1S/C18H28N2O6/c21-11-14-17(25)18(26)15(23)10-20(14)7-2-1-6-19-16(24)9-12-4-3-5-13(22)8-12/h3-5,8,14-15,17-18,21-23,25-26H,1-2,6-7,9-11H2,(H,19,24)/t14-,15+,17-,18-/m1/s1. The number of β-amino-alcohol motifs (C(OH)–C–C–N with tert-alkyl or cyclic N) is 1. The van der Waals surface area contributed by atoms with Crippen molar-refractivity contribution in [2.75, 3.05) is 26.2 Å². The lowest BCUT2D eigenvalue weighted by Crippen LogP contribution is -2.62. The molecule has 1 aliphatic rings. The number of aliphatic hydroxyl groups is 4. The van der Waals surface area contributed by atoms with Gasteiger partial charge >= 0.3 is 0 Å². The Morgan fingerprint density at radius 2 is 1.96 bits per heavy atom. The third-order valence-electron chi connectivity index (χ3n) is 4.69. The van der Waals surface area contributed by atoms with E-state index in [1.54, 1.807) is 29.2 Å². The number of hydrogen-bond donors (Lipinski definition) is 6. The predicted molar refractivity (Wildman–Crippen MR) is 94.5 cm³/mol. The van der Waals surface area contributed by atoms with Gasteiger partial charge in [-0.3, -0.25) is 9.69 Å². The van der Waals surface area contributed by atoms with Gasteiger partial charge in [-0.1, -0.05) is 12.1 Å². The molecule has 8 heteroatoms. The Morgan fingerprint density at radius 1 is 1.19 bits per heavy atom. The minimum atomic E-state index is -1.25. The maximum absolute atomic E-state index is 11.9. The van der Waals surface area contributed by atoms with Crippen LogP contribution in [0.4, 0.5) is 0 Å². The van der Waals surface area contributed by atoms with Gasteiger partial charge in [0.15, 0.2) is 0 Å². The second kappa shape index (κ2) is 9.84. The first kappa shape index (κ1) is 20.6. The molecule has 1 fully saturated rings. The number of nitrogens with zero attached hydrogens (tertiary/aromatic N) is 1. The first-order valence-corrected chi connectivity index (χ1v) is 8.86. The van der Waals surface area contributed by atoms with Crippen molar-refractivity contribution in [3.8, 4) is 5.75 Å². The van der Waals surface area contributed by atoms with E-state index < -0.39 is 24.4 Å². The van der Waals surface area contributed by atoms with E-state index in [1.165, 1.54) is 0 Å². The third-order valence-corrected chi connectivity index (χ3v) is 4.69. The van der Waals surface area contributed by atoms with Crippen LogP contribution >= 0.6 is 0 Å². The largest absolute Gasteiger partial charge is 0.508 e. The summed E-state index contributed by atoms with van der Waals surface area (Å²) in [5, 5.41) is 51.0. The number of carbonyl (C=O) groups is 1. The number of carbonyl (C=O) groups excluding carboxylic acids is 1. The number of unbranched alkanes of at least 4 members (excludes halogenated alkanes) is 1. The molecule has 0 unspecified atom stereocenters. The molecule has 0 aliphatic carbocycles. The maximum atomic E-state index is 11.9. The molecule has 26 heavy (non-hydrogen) atoms. The van der Waals surface area contributed by atoms with Crippen molar-refractivity contribution in [3.05, 3.63) is 29.8 Å². The fourth-order valence-corrected chi connectivity index (χ4v) is 3.22. The van der Waals surface area contributed by atoms with Crippen LogP contribution in [-0.4, -0.2) is 86.9 Å². The van der Waals surface area contributed by atoms with Gasteiger partial charge in [0.2, 0.25) is 5.91 Å². The molecule has 1 amide bonds. The molecule has 2 rings (SSSR count). The Hall–Kier alpha value is -1.71. The van der Waals surface area contributed by atoms with Gasteiger partial charge in [0.1, 0.15) is 18.0 Å². The topological polar surface area (TPSA) is 133 Å². The van der Waals surface area contributed by atoms with Gasteiger partial charge in [0.25, 0.3) is 0 Å². The van der Waals surface area contributed by atoms with Crippen LogP contribution in [-0.2, 0) is 11.2 Å². The van der Waals surface area contributed by atoms with E-state index >= 15 is 0 Å². The van der Waals surface area contributed by atoms with E-state index in [-0.39, 0.29) is 31.2 Å². The molecule has 8 nitrogen and oxygen atoms in total. The van der Waals surface area contributed by atoms with Crippen LogP contribution in [0.5, 0.6) is 5.75 Å². The number of hydrogen-bond acceptors (Lipinski definition) is 7. The lowest BCUT2D eigenvalue weighted by Gasteiger charge is -2.43. The smallest absolute Gasteiger partial charge is 0.224 e. The lowest BCUT2D eigenvalue weighted by molar-refractivity contribution is -0.145. The molecule has 1 saturated heterocycles. The number of phenolic OH excluding ortho intramolecular Hbond substituents is 1. The van der Waals surface area contributed by atoms with Crippen LogP contribution < -0.4 is 5.32 Å². The Bertz CT molecular complexity index is 585. The van der Waals surface area contributed by atoms with E-state index in [2.05, 4.69) is 5.32 Å². The highest BCUT2D eigenvalue weighted by atomic mass is 16.4. The molecule has 6 N–H and O–H groups in total. The minimum Gasteiger partial charge on any atom is -0.508 e. The number of aromatic hydroxyl groups is 1. The average Bonchev–Trinajstić information content (AvgIpc) is 2.59. The summed E-state index contributed by atoms with van der Waals surface area (Å²) in [5.41, 5.74) is 0.739. The zero-order chi connectivity index (χ0) is 19.1. The SMILES string of the molecule is O=C(Cc1cccc(O)c1)NCCCCN1C[C@H](O)[C@@H](O)[C@H](O)[C@H]1CO. The Kier molecular flexibility index (Phi) is 7.80. The Labute approximate surface area is 152 Å². The summed E-state index contributed by atoms with van der Waals surface area (Å²) in [6.45, 7) is 0.913. The highest BCUT2D eigenvalue weighted by Crippen LogP contribution is 2.19. The summed E-state index contributed by atoms with van der Waals surface area (Å²) in [5.74, 6) is 0.000497. The molecule has 0 radical (unpaired) electrons. The number of benzene rings is 1. The van der Waals surface area contributed by atoms with E-state index in [0.29, 0.717) is 25.9 Å². The monoisotopic (exact) mass is 368 g/mol. The second-order valence-electron chi connectivity index (χ2n) is 6.70. The molecule has 4 atom stereocenters. The number of nitrogens with one attached hydrogen (secondary N) is 1. The van der Waals surface area contributed by atoms with Gasteiger partial charge in [-0.05, 0) is 37.1 Å². The van der Waals surface area contributed by atoms with E-state index in [9.17, 15) is 30.3 Å². The maximum Gasteiger partial charge on any atom is 0.224 e. The first-order valence-electron chi connectivity index (χ1n) is 8.86. The minimum absolute atomic E-state index is 0.129. The zero-order valence-electron chi connectivity index (χ0n) is 14.7. The first-order chi connectivity index (χ1) is 12.4. The number of amides is 1. The van der Waals surface area contributed by atoms with Gasteiger partial charge in [-0.15, -0.1) is 0 Å². The van der Waals surface area contributed by atoms with Gasteiger partial charge in [0.05, 0.1) is 25.2 Å². The number of aliphatic hydroxyl groups excluding tert-OH is 4. The van der Waals surface area contributed by atoms with Crippen molar-refractivity contribution in [2.45, 2.75) is 43.6 Å². The van der Waals surface area contributed by atoms with Crippen molar-refractivity contribution in [1.29, 1.82) is 0 Å². The fraction of sp³-hybridized carbons (Fsp3) is 0.611. The van der Waals surface area contributed by atoms with Crippen molar-refractivity contribution in [3.63, 3.8) is 0 Å². The van der Waals surface area contributed by atoms with Crippen molar-refractivity contribution in [2.24, 2.45) is 0 Å². The summed E-state index contributed by atoms with van der Waals surface area (Å²) >= 11 is 0. The highest BCUT2D eigenvalue weighted by Gasteiger charge is 2.40. The summed E-state index contributed by atoms with van der Waals surface area (Å²) < 4.78 is 0. The summed E-state index contributed by atoms with van der Waals surface area (Å²) in [6, 6.07) is 5.96. The Morgan fingerprint density at radius 3 is 2.65 bits per heavy atom. The second-order valence-corrected chi connectivity index (χ2v) is 6.70. The predicted octanol–water partition coefficient (Wildman–Crippen LogP) is -1.41. The van der Waals surface area contributed by atoms with E-state index in [1.807, 2.05) is 0 Å². The van der Waals surface area contributed by atoms with E-state index in [0.717, 1.165) is 5.56 Å². The van der Waals surface area contributed by atoms with Crippen molar-refractivity contribution >= 4 is 5.91 Å². The quantitative estimate of drug-likeness (QED) is 0.311.